The maximum atomic E-state index is 14.4. The molecule has 1 aromatic rings. The molecule has 0 radical (unpaired) electrons. The summed E-state index contributed by atoms with van der Waals surface area (Å²) in [5.41, 5.74) is -0.651. The second-order valence-electron chi connectivity index (χ2n) is 5.98. The standard InChI is InChI=1S/C14H19BFNO3/c1-9(18)17-11-8-6-7-10(12(11)16)15-19-13(2,3)14(4,5)20-15/h6-8H,1-5H3,(H,17,18). The van der Waals surface area contributed by atoms with E-state index in [4.69, 9.17) is 9.31 Å². The summed E-state index contributed by atoms with van der Waals surface area (Å²) in [5, 5.41) is 2.45. The first-order chi connectivity index (χ1) is 9.14. The lowest BCUT2D eigenvalue weighted by atomic mass is 9.78. The number of hydrogen-bond acceptors (Lipinski definition) is 3. The third kappa shape index (κ3) is 2.58. The van der Waals surface area contributed by atoms with E-state index in [1.807, 2.05) is 27.7 Å². The molecule has 2 rings (SSSR count). The molecule has 0 aliphatic carbocycles. The minimum atomic E-state index is -0.784. The van der Waals surface area contributed by atoms with Gasteiger partial charge in [0.2, 0.25) is 5.91 Å². The second-order valence-corrected chi connectivity index (χ2v) is 5.98. The largest absolute Gasteiger partial charge is 0.497 e. The van der Waals surface area contributed by atoms with E-state index in [1.165, 1.54) is 13.0 Å². The number of anilines is 1. The summed E-state index contributed by atoms with van der Waals surface area (Å²) in [5.74, 6) is -0.851. The minimum Gasteiger partial charge on any atom is -0.399 e. The van der Waals surface area contributed by atoms with Crippen LogP contribution < -0.4 is 10.8 Å². The van der Waals surface area contributed by atoms with Crippen LogP contribution in [-0.2, 0) is 14.1 Å². The number of halogens is 1. The summed E-state index contributed by atoms with van der Waals surface area (Å²) in [6.45, 7) is 8.96. The Kier molecular flexibility index (Phi) is 3.65. The molecule has 20 heavy (non-hydrogen) atoms. The van der Waals surface area contributed by atoms with Crippen LogP contribution in [0.1, 0.15) is 34.6 Å². The fourth-order valence-electron chi connectivity index (χ4n) is 1.99. The maximum Gasteiger partial charge on any atom is 0.497 e. The van der Waals surface area contributed by atoms with Crippen molar-refractivity contribution in [2.75, 3.05) is 5.32 Å². The van der Waals surface area contributed by atoms with Gasteiger partial charge < -0.3 is 14.6 Å². The van der Waals surface area contributed by atoms with E-state index in [0.29, 0.717) is 0 Å². The molecule has 1 heterocycles. The summed E-state index contributed by atoms with van der Waals surface area (Å²) in [6.07, 6.45) is 0. The van der Waals surface area contributed by atoms with Crippen LogP contribution in [0.2, 0.25) is 0 Å². The summed E-state index contributed by atoms with van der Waals surface area (Å²) in [7, 11) is -0.784. The molecular weight excluding hydrogens is 260 g/mol. The number of nitrogens with one attached hydrogen (secondary N) is 1. The molecule has 6 heteroatoms. The number of rotatable bonds is 2. The first kappa shape index (κ1) is 15.0. The predicted octanol–water partition coefficient (Wildman–Crippen LogP) is 2.08. The van der Waals surface area contributed by atoms with E-state index in [2.05, 4.69) is 5.32 Å². The molecular formula is C14H19BFNO3. The summed E-state index contributed by atoms with van der Waals surface area (Å²) >= 11 is 0. The molecule has 0 atom stereocenters. The van der Waals surface area contributed by atoms with Gasteiger partial charge in [-0.15, -0.1) is 0 Å². The molecule has 4 nitrogen and oxygen atoms in total. The number of amides is 1. The number of carbonyl (C=O) groups excluding carboxylic acids is 1. The normalized spacial score (nSPS) is 20.0. The monoisotopic (exact) mass is 279 g/mol. The molecule has 1 saturated heterocycles. The first-order valence-electron chi connectivity index (χ1n) is 6.56. The molecule has 0 aromatic heterocycles. The predicted molar refractivity (Wildman–Crippen MR) is 76.4 cm³/mol. The maximum absolute atomic E-state index is 14.4. The Bertz CT molecular complexity index is 529. The van der Waals surface area contributed by atoms with Crippen molar-refractivity contribution in [3.63, 3.8) is 0 Å². The van der Waals surface area contributed by atoms with Crippen molar-refractivity contribution in [3.8, 4) is 0 Å². The van der Waals surface area contributed by atoms with Gasteiger partial charge in [0.15, 0.2) is 0 Å². The fourth-order valence-corrected chi connectivity index (χ4v) is 1.99. The van der Waals surface area contributed by atoms with Crippen LogP contribution >= 0.6 is 0 Å². The lowest BCUT2D eigenvalue weighted by Crippen LogP contribution is -2.41. The van der Waals surface area contributed by atoms with Gasteiger partial charge in [0, 0.05) is 12.4 Å². The summed E-state index contributed by atoms with van der Waals surface area (Å²) < 4.78 is 26.0. The molecule has 0 spiro atoms. The van der Waals surface area contributed by atoms with Gasteiger partial charge in [-0.05, 0) is 33.8 Å². The van der Waals surface area contributed by atoms with E-state index >= 15 is 0 Å². The van der Waals surface area contributed by atoms with E-state index < -0.39 is 24.1 Å². The summed E-state index contributed by atoms with van der Waals surface area (Å²) in [6, 6.07) is 4.77. The Hall–Kier alpha value is -1.40. The molecule has 1 N–H and O–H groups in total. The Morgan fingerprint density at radius 2 is 1.75 bits per heavy atom. The van der Waals surface area contributed by atoms with Crippen LogP contribution in [0.5, 0.6) is 0 Å². The Morgan fingerprint density at radius 3 is 2.25 bits per heavy atom. The van der Waals surface area contributed by atoms with E-state index in [0.717, 1.165) is 0 Å². The number of hydrogen-bond donors (Lipinski definition) is 1. The highest BCUT2D eigenvalue weighted by Gasteiger charge is 2.52. The molecule has 1 aromatic carbocycles. The van der Waals surface area contributed by atoms with Gasteiger partial charge in [-0.25, -0.2) is 4.39 Å². The topological polar surface area (TPSA) is 47.6 Å². The number of benzene rings is 1. The van der Waals surface area contributed by atoms with Crippen molar-refractivity contribution < 1.29 is 18.5 Å². The lowest BCUT2D eigenvalue weighted by molar-refractivity contribution is -0.114. The zero-order valence-corrected chi connectivity index (χ0v) is 12.4. The van der Waals surface area contributed by atoms with Crippen LogP contribution in [-0.4, -0.2) is 24.2 Å². The van der Waals surface area contributed by atoms with Crippen molar-refractivity contribution in [2.24, 2.45) is 0 Å². The minimum absolute atomic E-state index is 0.129. The van der Waals surface area contributed by atoms with Gasteiger partial charge in [0.1, 0.15) is 5.82 Å². The molecule has 1 aliphatic rings. The van der Waals surface area contributed by atoms with Crippen molar-refractivity contribution in [3.05, 3.63) is 24.0 Å². The van der Waals surface area contributed by atoms with E-state index in [9.17, 15) is 9.18 Å². The van der Waals surface area contributed by atoms with Crippen LogP contribution in [0.3, 0.4) is 0 Å². The van der Waals surface area contributed by atoms with Gasteiger partial charge in [0.05, 0.1) is 16.9 Å². The second kappa shape index (κ2) is 4.86. The highest BCUT2D eigenvalue weighted by atomic mass is 19.1. The highest BCUT2D eigenvalue weighted by molar-refractivity contribution is 6.62. The van der Waals surface area contributed by atoms with Crippen LogP contribution in [0.25, 0.3) is 0 Å². The third-order valence-corrected chi connectivity index (χ3v) is 3.85. The molecule has 108 valence electrons. The zero-order valence-electron chi connectivity index (χ0n) is 12.4. The summed E-state index contributed by atoms with van der Waals surface area (Å²) in [4.78, 5) is 11.1. The molecule has 0 bridgehead atoms. The average Bonchev–Trinajstić information content (AvgIpc) is 2.50. The van der Waals surface area contributed by atoms with Crippen LogP contribution in [0.15, 0.2) is 18.2 Å². The molecule has 0 saturated carbocycles. The van der Waals surface area contributed by atoms with Crippen molar-refractivity contribution in [1.82, 2.24) is 0 Å². The van der Waals surface area contributed by atoms with Gasteiger partial charge in [-0.1, -0.05) is 12.1 Å². The molecule has 1 fully saturated rings. The van der Waals surface area contributed by atoms with E-state index in [-0.39, 0.29) is 17.1 Å². The van der Waals surface area contributed by atoms with Gasteiger partial charge in [0.25, 0.3) is 0 Å². The SMILES string of the molecule is CC(=O)Nc1cccc(B2OC(C)(C)C(C)(C)O2)c1F. The Morgan fingerprint density at radius 1 is 1.20 bits per heavy atom. The Labute approximate surface area is 118 Å². The van der Waals surface area contributed by atoms with Crippen molar-refractivity contribution in [2.45, 2.75) is 45.8 Å². The molecule has 1 amide bonds. The Balaban J connectivity index is 2.34. The average molecular weight is 279 g/mol. The highest BCUT2D eigenvalue weighted by Crippen LogP contribution is 2.36. The van der Waals surface area contributed by atoms with Gasteiger partial charge >= 0.3 is 7.12 Å². The van der Waals surface area contributed by atoms with Gasteiger partial charge in [-0.3, -0.25) is 4.79 Å². The lowest BCUT2D eigenvalue weighted by Gasteiger charge is -2.32. The quantitative estimate of drug-likeness (QED) is 0.843. The smallest absolute Gasteiger partial charge is 0.399 e. The zero-order chi connectivity index (χ0) is 15.1. The number of carbonyl (C=O) groups is 1. The van der Waals surface area contributed by atoms with Crippen LogP contribution in [0, 0.1) is 5.82 Å². The van der Waals surface area contributed by atoms with Crippen LogP contribution in [0.4, 0.5) is 10.1 Å². The fraction of sp³-hybridized carbons (Fsp3) is 0.500. The third-order valence-electron chi connectivity index (χ3n) is 3.85. The van der Waals surface area contributed by atoms with Gasteiger partial charge in [-0.2, -0.15) is 0 Å². The molecule has 0 unspecified atom stereocenters. The van der Waals surface area contributed by atoms with Crippen molar-refractivity contribution >= 4 is 24.2 Å². The first-order valence-corrected chi connectivity index (χ1v) is 6.56. The molecule has 1 aliphatic heterocycles. The van der Waals surface area contributed by atoms with Crippen molar-refractivity contribution in [1.29, 1.82) is 0 Å². The van der Waals surface area contributed by atoms with E-state index in [1.54, 1.807) is 12.1 Å².